The minimum absolute atomic E-state index is 0.104. The molecule has 1 aromatic carbocycles. The first-order valence-corrected chi connectivity index (χ1v) is 6.91. The van der Waals surface area contributed by atoms with Crippen LogP contribution in [0.15, 0.2) is 18.2 Å². The Morgan fingerprint density at radius 2 is 2.37 bits per heavy atom. The Kier molecular flexibility index (Phi) is 3.19. The van der Waals surface area contributed by atoms with Crippen LogP contribution in [0.3, 0.4) is 0 Å². The second-order valence-electron chi connectivity index (χ2n) is 5.35. The second kappa shape index (κ2) is 4.85. The number of aliphatic hydroxyl groups is 1. The highest BCUT2D eigenvalue weighted by atomic mass is 16.5. The van der Waals surface area contributed by atoms with E-state index in [1.54, 1.807) is 0 Å². The lowest BCUT2D eigenvalue weighted by Gasteiger charge is -2.09. The smallest absolute Gasteiger partial charge is 0.219 e. The van der Waals surface area contributed by atoms with Crippen LogP contribution in [0.4, 0.5) is 0 Å². The fraction of sp³-hybridized carbons (Fsp3) is 0.533. The Morgan fingerprint density at radius 3 is 3.16 bits per heavy atom. The summed E-state index contributed by atoms with van der Waals surface area (Å²) in [5.41, 5.74) is 2.15. The summed E-state index contributed by atoms with van der Waals surface area (Å²) in [4.78, 5) is 11.3. The van der Waals surface area contributed by atoms with Gasteiger partial charge in [-0.2, -0.15) is 0 Å². The molecule has 0 spiro atoms. The van der Waals surface area contributed by atoms with Gasteiger partial charge in [0.15, 0.2) is 0 Å². The number of amides is 1. The number of hydrogen-bond donors (Lipinski definition) is 2. The molecule has 1 aromatic rings. The van der Waals surface area contributed by atoms with E-state index < -0.39 is 6.10 Å². The van der Waals surface area contributed by atoms with Crippen LogP contribution in [0, 0.1) is 5.92 Å². The summed E-state index contributed by atoms with van der Waals surface area (Å²) in [6.07, 6.45) is 1.11. The minimum atomic E-state index is -0.502. The molecular formula is C15H19NO3. The topological polar surface area (TPSA) is 58.6 Å². The minimum Gasteiger partial charge on any atom is -0.490 e. The number of ether oxygens (including phenoxy) is 1. The van der Waals surface area contributed by atoms with Crippen LogP contribution < -0.4 is 10.1 Å². The molecular weight excluding hydrogens is 242 g/mol. The molecule has 0 radical (unpaired) electrons. The van der Waals surface area contributed by atoms with Gasteiger partial charge in [-0.15, -0.1) is 0 Å². The van der Waals surface area contributed by atoms with E-state index in [1.807, 2.05) is 19.1 Å². The largest absolute Gasteiger partial charge is 0.490 e. The molecule has 2 N–H and O–H groups in total. The summed E-state index contributed by atoms with van der Waals surface area (Å²) in [5.74, 6) is 1.86. The molecule has 1 amide bonds. The zero-order valence-electron chi connectivity index (χ0n) is 11.1. The molecule has 0 bridgehead atoms. The SMILES string of the molecule is CCC(=O)NC[C@@H]1C[C@H]1c1cccc2c1C(O)CO2. The Bertz CT molecular complexity index is 500. The Hall–Kier alpha value is -1.55. The lowest BCUT2D eigenvalue weighted by atomic mass is 9.98. The van der Waals surface area contributed by atoms with Crippen LogP contribution in [0.5, 0.6) is 5.75 Å². The average molecular weight is 261 g/mol. The number of rotatable bonds is 4. The van der Waals surface area contributed by atoms with E-state index in [2.05, 4.69) is 11.4 Å². The zero-order chi connectivity index (χ0) is 13.4. The van der Waals surface area contributed by atoms with Crippen LogP contribution in [0.25, 0.3) is 0 Å². The summed E-state index contributed by atoms with van der Waals surface area (Å²) in [6.45, 7) is 2.95. The molecule has 0 saturated heterocycles. The quantitative estimate of drug-likeness (QED) is 0.868. The number of benzene rings is 1. The number of carbonyl (C=O) groups excluding carboxylic acids is 1. The first kappa shape index (κ1) is 12.5. The molecule has 1 unspecified atom stereocenters. The Balaban J connectivity index is 1.69. The fourth-order valence-electron chi connectivity index (χ4n) is 2.84. The van der Waals surface area contributed by atoms with Crippen LogP contribution >= 0.6 is 0 Å². The summed E-state index contributed by atoms with van der Waals surface area (Å²) < 4.78 is 5.46. The Labute approximate surface area is 112 Å². The number of aliphatic hydroxyl groups excluding tert-OH is 1. The molecule has 1 saturated carbocycles. The number of carbonyl (C=O) groups is 1. The van der Waals surface area contributed by atoms with Gasteiger partial charge in [-0.25, -0.2) is 0 Å². The maximum absolute atomic E-state index is 11.3. The van der Waals surface area contributed by atoms with Crippen LogP contribution in [-0.4, -0.2) is 24.2 Å². The van der Waals surface area contributed by atoms with Crippen molar-refractivity contribution in [2.75, 3.05) is 13.2 Å². The van der Waals surface area contributed by atoms with Crippen molar-refractivity contribution in [2.45, 2.75) is 31.8 Å². The van der Waals surface area contributed by atoms with E-state index in [0.717, 1.165) is 24.3 Å². The number of hydrogen-bond acceptors (Lipinski definition) is 3. The van der Waals surface area contributed by atoms with E-state index >= 15 is 0 Å². The van der Waals surface area contributed by atoms with Gasteiger partial charge in [0.05, 0.1) is 0 Å². The van der Waals surface area contributed by atoms with Crippen molar-refractivity contribution < 1.29 is 14.6 Å². The third-order valence-electron chi connectivity index (χ3n) is 4.03. The van der Waals surface area contributed by atoms with E-state index in [4.69, 9.17) is 4.74 Å². The average Bonchev–Trinajstić information content (AvgIpc) is 3.12. The summed E-state index contributed by atoms with van der Waals surface area (Å²) in [5, 5.41) is 12.9. The monoisotopic (exact) mass is 261 g/mol. The highest BCUT2D eigenvalue weighted by Crippen LogP contribution is 2.51. The van der Waals surface area contributed by atoms with E-state index in [-0.39, 0.29) is 5.91 Å². The molecule has 1 aliphatic heterocycles. The van der Waals surface area contributed by atoms with Crippen molar-refractivity contribution >= 4 is 5.91 Å². The maximum atomic E-state index is 11.3. The summed E-state index contributed by atoms with van der Waals surface area (Å²) >= 11 is 0. The summed E-state index contributed by atoms with van der Waals surface area (Å²) in [7, 11) is 0. The number of nitrogens with one attached hydrogen (secondary N) is 1. The summed E-state index contributed by atoms with van der Waals surface area (Å²) in [6, 6.07) is 5.96. The van der Waals surface area contributed by atoms with Gasteiger partial charge in [-0.3, -0.25) is 4.79 Å². The molecule has 3 rings (SSSR count). The van der Waals surface area contributed by atoms with E-state index in [0.29, 0.717) is 24.9 Å². The highest BCUT2D eigenvalue weighted by Gasteiger charge is 2.41. The molecule has 1 aliphatic carbocycles. The number of fused-ring (bicyclic) bond motifs is 1. The van der Waals surface area contributed by atoms with Gasteiger partial charge in [0, 0.05) is 18.5 Å². The standard InChI is InChI=1S/C15H19NO3/c1-2-14(18)16-7-9-6-11(9)10-4-3-5-13-15(10)12(17)8-19-13/h3-5,9,11-12,17H,2,6-8H2,1H3,(H,16,18)/t9-,11+,12?/m0/s1. The lowest BCUT2D eigenvalue weighted by molar-refractivity contribution is -0.120. The molecule has 3 atom stereocenters. The third kappa shape index (κ3) is 2.32. The van der Waals surface area contributed by atoms with E-state index in [1.165, 1.54) is 5.56 Å². The first-order valence-electron chi connectivity index (χ1n) is 6.91. The van der Waals surface area contributed by atoms with Gasteiger partial charge in [0.25, 0.3) is 0 Å². The van der Waals surface area contributed by atoms with Gasteiger partial charge in [0.2, 0.25) is 5.91 Å². The second-order valence-corrected chi connectivity index (χ2v) is 5.35. The van der Waals surface area contributed by atoms with Crippen LogP contribution in [0.1, 0.15) is 42.9 Å². The highest BCUT2D eigenvalue weighted by molar-refractivity contribution is 5.75. The van der Waals surface area contributed by atoms with Crippen LogP contribution in [-0.2, 0) is 4.79 Å². The normalized spacial score (nSPS) is 27.6. The molecule has 0 aromatic heterocycles. The van der Waals surface area contributed by atoms with Crippen molar-refractivity contribution in [1.29, 1.82) is 0 Å². The molecule has 4 nitrogen and oxygen atoms in total. The van der Waals surface area contributed by atoms with Crippen molar-refractivity contribution in [3.63, 3.8) is 0 Å². The van der Waals surface area contributed by atoms with Gasteiger partial charge in [-0.05, 0) is 29.9 Å². The zero-order valence-corrected chi connectivity index (χ0v) is 11.1. The molecule has 4 heteroatoms. The van der Waals surface area contributed by atoms with Gasteiger partial charge < -0.3 is 15.2 Å². The molecule has 102 valence electrons. The van der Waals surface area contributed by atoms with Gasteiger partial charge >= 0.3 is 0 Å². The van der Waals surface area contributed by atoms with Crippen LogP contribution in [0.2, 0.25) is 0 Å². The maximum Gasteiger partial charge on any atom is 0.219 e. The molecule has 1 heterocycles. The molecule has 1 fully saturated rings. The van der Waals surface area contributed by atoms with Crippen molar-refractivity contribution in [3.8, 4) is 5.75 Å². The van der Waals surface area contributed by atoms with E-state index in [9.17, 15) is 9.90 Å². The molecule has 2 aliphatic rings. The van der Waals surface area contributed by atoms with Crippen molar-refractivity contribution in [3.05, 3.63) is 29.3 Å². The van der Waals surface area contributed by atoms with Crippen molar-refractivity contribution in [2.24, 2.45) is 5.92 Å². The predicted octanol–water partition coefficient (Wildman–Crippen LogP) is 1.74. The van der Waals surface area contributed by atoms with Gasteiger partial charge in [0.1, 0.15) is 18.5 Å². The lowest BCUT2D eigenvalue weighted by Crippen LogP contribution is -2.24. The predicted molar refractivity (Wildman–Crippen MR) is 71.0 cm³/mol. The molecule has 19 heavy (non-hydrogen) atoms. The Morgan fingerprint density at radius 1 is 1.53 bits per heavy atom. The fourth-order valence-corrected chi connectivity index (χ4v) is 2.84. The van der Waals surface area contributed by atoms with Gasteiger partial charge in [-0.1, -0.05) is 19.1 Å². The van der Waals surface area contributed by atoms with Crippen molar-refractivity contribution in [1.82, 2.24) is 5.32 Å². The third-order valence-corrected chi connectivity index (χ3v) is 4.03. The first-order chi connectivity index (χ1) is 9.20.